The van der Waals surface area contributed by atoms with Crippen molar-refractivity contribution in [3.63, 3.8) is 0 Å². The summed E-state index contributed by atoms with van der Waals surface area (Å²) in [5.41, 5.74) is -0.454. The second kappa shape index (κ2) is 3.40. The van der Waals surface area contributed by atoms with Crippen LogP contribution in [0.1, 0.15) is 0 Å². The fraction of sp³-hybridized carbons (Fsp3) is 0. The molecule has 1 rings (SSSR count). The molecule has 0 aliphatic rings. The van der Waals surface area contributed by atoms with Crippen LogP contribution in [0.2, 0.25) is 0 Å². The van der Waals surface area contributed by atoms with Crippen molar-refractivity contribution in [3.8, 4) is 0 Å². The lowest BCUT2D eigenvalue weighted by molar-refractivity contribution is -0.391. The molecule has 0 atom stereocenters. The maximum Gasteiger partial charge on any atom is 0.283 e. The molecule has 0 aliphatic carbocycles. The van der Waals surface area contributed by atoms with Crippen molar-refractivity contribution in [1.29, 1.82) is 0 Å². The van der Waals surface area contributed by atoms with Crippen molar-refractivity contribution in [1.82, 2.24) is 0 Å². The molecule has 0 aliphatic heterocycles. The highest BCUT2D eigenvalue weighted by molar-refractivity contribution is 7.80. The van der Waals surface area contributed by atoms with E-state index in [0.717, 1.165) is 18.2 Å². The van der Waals surface area contributed by atoms with Crippen LogP contribution in [0.15, 0.2) is 23.1 Å². The summed E-state index contributed by atoms with van der Waals surface area (Å²) in [6, 6.07) is 3.17. The predicted molar refractivity (Wildman–Crippen MR) is 47.0 cm³/mol. The largest absolute Gasteiger partial charge is 0.283 e. The van der Waals surface area contributed by atoms with Gasteiger partial charge in [-0.1, -0.05) is 0 Å². The summed E-state index contributed by atoms with van der Waals surface area (Å²) < 4.78 is 0. The van der Waals surface area contributed by atoms with Gasteiger partial charge in [-0.15, -0.1) is 12.6 Å². The molecule has 0 saturated carbocycles. The number of rotatable bonds is 2. The molecule has 7 heteroatoms. The van der Waals surface area contributed by atoms with E-state index in [1.54, 1.807) is 0 Å². The van der Waals surface area contributed by atoms with Crippen molar-refractivity contribution in [2.24, 2.45) is 0 Å². The van der Waals surface area contributed by atoms with Gasteiger partial charge in [0.1, 0.15) is 0 Å². The minimum atomic E-state index is -0.647. The quantitative estimate of drug-likeness (QED) is 0.448. The molecule has 0 heterocycles. The molecule has 1 aromatic rings. The normalized spacial score (nSPS) is 9.62. The minimum absolute atomic E-state index is 0.0146. The molecular weight excluding hydrogens is 196 g/mol. The van der Waals surface area contributed by atoms with Gasteiger partial charge < -0.3 is 0 Å². The van der Waals surface area contributed by atoms with Gasteiger partial charge in [0, 0.05) is 18.2 Å². The molecule has 0 spiro atoms. The number of nitro benzene ring substituents is 2. The Labute approximate surface area is 77.9 Å². The Morgan fingerprint density at radius 1 is 1.15 bits per heavy atom. The van der Waals surface area contributed by atoms with Crippen LogP contribution >= 0.6 is 12.6 Å². The standard InChI is InChI=1S/C6H4N2O4S/c9-7(10)4-1-2-5(8(11)12)6(13)3-4/h1-3,13H. The van der Waals surface area contributed by atoms with Crippen LogP contribution in [-0.2, 0) is 0 Å². The molecule has 0 unspecified atom stereocenters. The Balaban J connectivity index is 3.20. The van der Waals surface area contributed by atoms with Gasteiger partial charge in [-0.3, -0.25) is 20.2 Å². The molecule has 0 amide bonds. The first-order valence-electron chi connectivity index (χ1n) is 3.14. The molecule has 13 heavy (non-hydrogen) atoms. The maximum atomic E-state index is 10.3. The van der Waals surface area contributed by atoms with Gasteiger partial charge in [-0.2, -0.15) is 0 Å². The van der Waals surface area contributed by atoms with Crippen molar-refractivity contribution < 1.29 is 9.85 Å². The molecule has 0 fully saturated rings. The molecule has 68 valence electrons. The van der Waals surface area contributed by atoms with Crippen LogP contribution in [0, 0.1) is 20.2 Å². The first kappa shape index (κ1) is 9.46. The molecule has 6 nitrogen and oxygen atoms in total. The van der Waals surface area contributed by atoms with Crippen molar-refractivity contribution in [3.05, 3.63) is 38.4 Å². The van der Waals surface area contributed by atoms with Crippen LogP contribution < -0.4 is 0 Å². The molecular formula is C6H4N2O4S. The van der Waals surface area contributed by atoms with Gasteiger partial charge in [0.2, 0.25) is 0 Å². The Hall–Kier alpha value is -1.63. The lowest BCUT2D eigenvalue weighted by atomic mass is 10.3. The third-order valence-electron chi connectivity index (χ3n) is 1.37. The SMILES string of the molecule is O=[N+]([O-])c1ccc([N+](=O)[O-])c(S)c1. The van der Waals surface area contributed by atoms with Crippen LogP contribution in [0.3, 0.4) is 0 Å². The highest BCUT2D eigenvalue weighted by atomic mass is 32.1. The van der Waals surface area contributed by atoms with Gasteiger partial charge in [-0.25, -0.2) is 0 Å². The topological polar surface area (TPSA) is 86.3 Å². The third-order valence-corrected chi connectivity index (χ3v) is 1.72. The van der Waals surface area contributed by atoms with E-state index in [4.69, 9.17) is 0 Å². The van der Waals surface area contributed by atoms with Crippen molar-refractivity contribution >= 4 is 24.0 Å². The van der Waals surface area contributed by atoms with E-state index in [1.165, 1.54) is 0 Å². The van der Waals surface area contributed by atoms with E-state index in [2.05, 4.69) is 12.6 Å². The average molecular weight is 200 g/mol. The Morgan fingerprint density at radius 2 is 1.77 bits per heavy atom. The van der Waals surface area contributed by atoms with E-state index in [-0.39, 0.29) is 16.3 Å². The molecule has 0 N–H and O–H groups in total. The fourth-order valence-corrected chi connectivity index (χ4v) is 1.07. The number of nitro groups is 2. The highest BCUT2D eigenvalue weighted by Crippen LogP contribution is 2.26. The van der Waals surface area contributed by atoms with Gasteiger partial charge >= 0.3 is 0 Å². The monoisotopic (exact) mass is 200 g/mol. The summed E-state index contributed by atoms with van der Waals surface area (Å²) in [5.74, 6) is 0. The third kappa shape index (κ3) is 1.94. The van der Waals surface area contributed by atoms with Gasteiger partial charge in [0.05, 0.1) is 14.7 Å². The second-order valence-corrected chi connectivity index (χ2v) is 2.67. The zero-order valence-corrected chi connectivity index (χ0v) is 7.10. The molecule has 0 bridgehead atoms. The first-order valence-corrected chi connectivity index (χ1v) is 3.59. The van der Waals surface area contributed by atoms with Crippen LogP contribution in [0.25, 0.3) is 0 Å². The summed E-state index contributed by atoms with van der Waals surface area (Å²) in [7, 11) is 0. The van der Waals surface area contributed by atoms with Gasteiger partial charge in [-0.05, 0) is 0 Å². The zero-order valence-electron chi connectivity index (χ0n) is 6.21. The fourth-order valence-electron chi connectivity index (χ4n) is 0.780. The maximum absolute atomic E-state index is 10.3. The van der Waals surface area contributed by atoms with Crippen LogP contribution in [0.5, 0.6) is 0 Å². The molecule has 1 aromatic carbocycles. The van der Waals surface area contributed by atoms with Gasteiger partial charge in [0.25, 0.3) is 11.4 Å². The van der Waals surface area contributed by atoms with Crippen molar-refractivity contribution in [2.45, 2.75) is 4.90 Å². The minimum Gasteiger partial charge on any atom is -0.258 e. The Kier molecular flexibility index (Phi) is 2.47. The van der Waals surface area contributed by atoms with Crippen LogP contribution in [0.4, 0.5) is 11.4 Å². The summed E-state index contributed by atoms with van der Waals surface area (Å²) in [6.07, 6.45) is 0. The summed E-state index contributed by atoms with van der Waals surface area (Å²) in [4.78, 5) is 19.2. The number of benzene rings is 1. The summed E-state index contributed by atoms with van der Waals surface area (Å²) >= 11 is 3.76. The number of nitrogens with zero attached hydrogens (tertiary/aromatic N) is 2. The Bertz CT molecular complexity index is 379. The average Bonchev–Trinajstić information content (AvgIpc) is 2.03. The lowest BCUT2D eigenvalue weighted by Crippen LogP contribution is -1.92. The van der Waals surface area contributed by atoms with Gasteiger partial charge in [0.15, 0.2) is 0 Å². The molecule has 0 radical (unpaired) electrons. The highest BCUT2D eigenvalue weighted by Gasteiger charge is 2.15. The number of hydrogen-bond donors (Lipinski definition) is 1. The van der Waals surface area contributed by atoms with Crippen molar-refractivity contribution in [2.75, 3.05) is 0 Å². The number of hydrogen-bond acceptors (Lipinski definition) is 5. The molecule has 0 saturated heterocycles. The van der Waals surface area contributed by atoms with E-state index in [0.29, 0.717) is 0 Å². The van der Waals surface area contributed by atoms with E-state index >= 15 is 0 Å². The number of thiol groups is 1. The summed E-state index contributed by atoms with van der Waals surface area (Å²) in [5, 5.41) is 20.5. The number of non-ortho nitro benzene ring substituents is 1. The van der Waals surface area contributed by atoms with Crippen LogP contribution in [-0.4, -0.2) is 9.85 Å². The summed E-state index contributed by atoms with van der Waals surface area (Å²) in [6.45, 7) is 0. The smallest absolute Gasteiger partial charge is 0.258 e. The zero-order chi connectivity index (χ0) is 10.0. The van der Waals surface area contributed by atoms with E-state index in [1.807, 2.05) is 0 Å². The second-order valence-electron chi connectivity index (χ2n) is 2.19. The first-order chi connectivity index (χ1) is 6.02. The van der Waals surface area contributed by atoms with E-state index < -0.39 is 9.85 Å². The van der Waals surface area contributed by atoms with E-state index in [9.17, 15) is 20.2 Å². The Morgan fingerprint density at radius 3 is 2.15 bits per heavy atom. The predicted octanol–water partition coefficient (Wildman–Crippen LogP) is 1.79. The lowest BCUT2D eigenvalue weighted by Gasteiger charge is -1.95. The molecule has 0 aromatic heterocycles.